The van der Waals surface area contributed by atoms with Crippen LogP contribution in [0.15, 0.2) is 36.7 Å². The molecule has 5 heteroatoms. The average molecular weight is 340 g/mol. The number of carbonyl (C=O) groups excluding carboxylic acids is 1. The van der Waals surface area contributed by atoms with E-state index in [0.717, 1.165) is 31.9 Å². The van der Waals surface area contributed by atoms with Crippen molar-refractivity contribution in [3.05, 3.63) is 53.6 Å². The smallest absolute Gasteiger partial charge is 0.223 e. The third-order valence-electron chi connectivity index (χ3n) is 4.99. The van der Waals surface area contributed by atoms with Crippen molar-refractivity contribution < 1.29 is 4.79 Å². The summed E-state index contributed by atoms with van der Waals surface area (Å²) in [5.74, 6) is 1.69. The highest BCUT2D eigenvalue weighted by Gasteiger charge is 2.29. The van der Waals surface area contributed by atoms with Gasteiger partial charge in [-0.15, -0.1) is 0 Å². The van der Waals surface area contributed by atoms with Crippen molar-refractivity contribution in [2.75, 3.05) is 19.6 Å². The van der Waals surface area contributed by atoms with E-state index >= 15 is 0 Å². The van der Waals surface area contributed by atoms with Gasteiger partial charge in [-0.25, -0.2) is 4.98 Å². The van der Waals surface area contributed by atoms with Crippen molar-refractivity contribution in [1.82, 2.24) is 19.8 Å². The first kappa shape index (κ1) is 17.7. The summed E-state index contributed by atoms with van der Waals surface area (Å²) in [7, 11) is 1.98. The number of nitrogens with zero attached hydrogens (tertiary/aromatic N) is 3. The second-order valence-electron chi connectivity index (χ2n) is 7.10. The number of carbonyl (C=O) groups is 1. The van der Waals surface area contributed by atoms with Crippen LogP contribution in [0.5, 0.6) is 0 Å². The standard InChI is InChI=1S/C20H28N4O/c1-15(2)17-7-4-16(5-8-17)6-9-19(25)24-13-10-21-14-18(24)20-22-11-12-23(20)3/h4-5,7-8,11-12,15,18,21H,6,9-10,13-14H2,1-3H3. The number of benzene rings is 1. The van der Waals surface area contributed by atoms with E-state index in [2.05, 4.69) is 48.4 Å². The number of aromatic nitrogens is 2. The molecule has 0 spiro atoms. The number of imidazole rings is 1. The van der Waals surface area contributed by atoms with Crippen LogP contribution >= 0.6 is 0 Å². The summed E-state index contributed by atoms with van der Waals surface area (Å²) in [5, 5.41) is 3.38. The zero-order chi connectivity index (χ0) is 17.8. The quantitative estimate of drug-likeness (QED) is 0.910. The van der Waals surface area contributed by atoms with Crippen LogP contribution < -0.4 is 5.32 Å². The van der Waals surface area contributed by atoms with Gasteiger partial charge in [0.15, 0.2) is 0 Å². The highest BCUT2D eigenvalue weighted by molar-refractivity contribution is 5.77. The zero-order valence-electron chi connectivity index (χ0n) is 15.4. The van der Waals surface area contributed by atoms with Crippen LogP contribution in [0.25, 0.3) is 0 Å². The molecule has 0 saturated carbocycles. The predicted octanol–water partition coefficient (Wildman–Crippen LogP) is 2.65. The molecule has 1 aromatic heterocycles. The molecule has 2 heterocycles. The van der Waals surface area contributed by atoms with Gasteiger partial charge in [0.2, 0.25) is 5.91 Å². The van der Waals surface area contributed by atoms with Gasteiger partial charge >= 0.3 is 0 Å². The molecule has 0 radical (unpaired) electrons. The SMILES string of the molecule is CC(C)c1ccc(CCC(=O)N2CCNCC2c2nccn2C)cc1. The minimum atomic E-state index is 0.0181. The summed E-state index contributed by atoms with van der Waals surface area (Å²) in [6.45, 7) is 6.74. The molecule has 1 aliphatic heterocycles. The van der Waals surface area contributed by atoms with Gasteiger partial charge in [0.1, 0.15) is 11.9 Å². The van der Waals surface area contributed by atoms with Gasteiger partial charge in [-0.05, 0) is 23.5 Å². The third-order valence-corrected chi connectivity index (χ3v) is 4.99. The number of hydrogen-bond acceptors (Lipinski definition) is 3. The summed E-state index contributed by atoms with van der Waals surface area (Å²) in [6.07, 6.45) is 5.06. The molecule has 3 rings (SSSR count). The van der Waals surface area contributed by atoms with Crippen LogP contribution in [-0.4, -0.2) is 40.0 Å². The van der Waals surface area contributed by atoms with Crippen LogP contribution in [-0.2, 0) is 18.3 Å². The first-order valence-electron chi connectivity index (χ1n) is 9.12. The Balaban J connectivity index is 1.64. The van der Waals surface area contributed by atoms with Gasteiger partial charge in [-0.1, -0.05) is 38.1 Å². The van der Waals surface area contributed by atoms with Crippen molar-refractivity contribution >= 4 is 5.91 Å². The fraction of sp³-hybridized carbons (Fsp3) is 0.500. The van der Waals surface area contributed by atoms with Crippen molar-refractivity contribution in [3.63, 3.8) is 0 Å². The first-order valence-corrected chi connectivity index (χ1v) is 9.12. The number of aryl methyl sites for hydroxylation is 2. The third kappa shape index (κ3) is 4.10. The van der Waals surface area contributed by atoms with E-state index in [4.69, 9.17) is 0 Å². The fourth-order valence-electron chi connectivity index (χ4n) is 3.40. The lowest BCUT2D eigenvalue weighted by Gasteiger charge is -2.35. The van der Waals surface area contributed by atoms with Gasteiger partial charge in [0.05, 0.1) is 0 Å². The number of hydrogen-bond donors (Lipinski definition) is 1. The average Bonchev–Trinajstić information content (AvgIpc) is 3.06. The monoisotopic (exact) mass is 340 g/mol. The molecule has 1 aliphatic rings. The second-order valence-corrected chi connectivity index (χ2v) is 7.10. The van der Waals surface area contributed by atoms with E-state index < -0.39 is 0 Å². The molecule has 1 amide bonds. The lowest BCUT2D eigenvalue weighted by atomic mass is 10.00. The lowest BCUT2D eigenvalue weighted by Crippen LogP contribution is -2.49. The number of amides is 1. The molecule has 2 aromatic rings. The molecule has 1 fully saturated rings. The minimum absolute atomic E-state index is 0.0181. The molecular weight excluding hydrogens is 312 g/mol. The fourth-order valence-corrected chi connectivity index (χ4v) is 3.40. The Morgan fingerprint density at radius 1 is 1.32 bits per heavy atom. The number of nitrogens with one attached hydrogen (secondary N) is 1. The van der Waals surface area contributed by atoms with E-state index in [1.807, 2.05) is 22.7 Å². The van der Waals surface area contributed by atoms with Gasteiger partial charge in [-0.2, -0.15) is 0 Å². The Hall–Kier alpha value is -2.14. The Morgan fingerprint density at radius 3 is 2.72 bits per heavy atom. The Bertz CT molecular complexity index is 705. The van der Waals surface area contributed by atoms with Gasteiger partial charge in [-0.3, -0.25) is 4.79 Å². The summed E-state index contributed by atoms with van der Waals surface area (Å²) < 4.78 is 2.00. The molecule has 1 N–H and O–H groups in total. The van der Waals surface area contributed by atoms with Crippen molar-refractivity contribution in [1.29, 1.82) is 0 Å². The second kappa shape index (κ2) is 7.83. The van der Waals surface area contributed by atoms with Gasteiger partial charge in [0.25, 0.3) is 0 Å². The molecule has 1 aromatic carbocycles. The van der Waals surface area contributed by atoms with Crippen LogP contribution in [0.3, 0.4) is 0 Å². The number of piperazine rings is 1. The molecule has 0 aliphatic carbocycles. The van der Waals surface area contributed by atoms with Crippen LogP contribution in [0.1, 0.15) is 49.2 Å². The molecule has 1 unspecified atom stereocenters. The minimum Gasteiger partial charge on any atom is -0.336 e. The first-order chi connectivity index (χ1) is 12.1. The normalized spacial score (nSPS) is 17.9. The maximum Gasteiger partial charge on any atom is 0.223 e. The van der Waals surface area contributed by atoms with E-state index in [1.54, 1.807) is 6.20 Å². The number of rotatable bonds is 5. The molecule has 0 bridgehead atoms. The molecule has 1 saturated heterocycles. The topological polar surface area (TPSA) is 50.2 Å². The van der Waals surface area contributed by atoms with E-state index in [0.29, 0.717) is 12.3 Å². The van der Waals surface area contributed by atoms with E-state index in [1.165, 1.54) is 11.1 Å². The summed E-state index contributed by atoms with van der Waals surface area (Å²) in [4.78, 5) is 19.3. The highest BCUT2D eigenvalue weighted by Crippen LogP contribution is 2.22. The molecule has 5 nitrogen and oxygen atoms in total. The largest absolute Gasteiger partial charge is 0.336 e. The molecular formula is C20H28N4O. The van der Waals surface area contributed by atoms with Gasteiger partial charge in [0, 0.05) is 45.5 Å². The van der Waals surface area contributed by atoms with E-state index in [-0.39, 0.29) is 11.9 Å². The summed E-state index contributed by atoms with van der Waals surface area (Å²) >= 11 is 0. The maximum atomic E-state index is 12.8. The molecule has 1 atom stereocenters. The van der Waals surface area contributed by atoms with E-state index in [9.17, 15) is 4.79 Å². The zero-order valence-corrected chi connectivity index (χ0v) is 15.4. The lowest BCUT2D eigenvalue weighted by molar-refractivity contribution is -0.134. The predicted molar refractivity (Wildman–Crippen MR) is 99.4 cm³/mol. The Morgan fingerprint density at radius 2 is 2.08 bits per heavy atom. The maximum absolute atomic E-state index is 12.8. The van der Waals surface area contributed by atoms with Crippen LogP contribution in [0.2, 0.25) is 0 Å². The van der Waals surface area contributed by atoms with Crippen LogP contribution in [0, 0.1) is 0 Å². The molecule has 25 heavy (non-hydrogen) atoms. The van der Waals surface area contributed by atoms with Gasteiger partial charge < -0.3 is 14.8 Å². The Labute approximate surface area is 150 Å². The highest BCUT2D eigenvalue weighted by atomic mass is 16.2. The van der Waals surface area contributed by atoms with Crippen molar-refractivity contribution in [3.8, 4) is 0 Å². The molecule has 134 valence electrons. The Kier molecular flexibility index (Phi) is 5.53. The van der Waals surface area contributed by atoms with Crippen LogP contribution in [0.4, 0.5) is 0 Å². The summed E-state index contributed by atoms with van der Waals surface area (Å²) in [5.41, 5.74) is 2.56. The summed E-state index contributed by atoms with van der Waals surface area (Å²) in [6, 6.07) is 8.66. The van der Waals surface area contributed by atoms with Crippen molar-refractivity contribution in [2.24, 2.45) is 7.05 Å². The van der Waals surface area contributed by atoms with Crippen molar-refractivity contribution in [2.45, 2.75) is 38.6 Å².